The van der Waals surface area contributed by atoms with Crippen molar-refractivity contribution in [1.82, 2.24) is 5.32 Å². The number of carboxylic acids is 2. The van der Waals surface area contributed by atoms with Crippen LogP contribution in [0.25, 0.3) is 0 Å². The lowest BCUT2D eigenvalue weighted by molar-refractivity contribution is -0.154. The van der Waals surface area contributed by atoms with Gasteiger partial charge in [-0.15, -0.1) is 0 Å². The predicted octanol–water partition coefficient (Wildman–Crippen LogP) is -1.01. The predicted molar refractivity (Wildman–Crippen MR) is 32.7 cm³/mol. The van der Waals surface area contributed by atoms with Gasteiger partial charge in [-0.25, -0.2) is 0 Å². The largest absolute Gasteiger partial charge is 0.481 e. The Balaban J connectivity index is 3.98. The maximum Gasteiger partial charge on any atom is 0.319 e. The molecule has 0 amide bonds. The van der Waals surface area contributed by atoms with Gasteiger partial charge < -0.3 is 15.5 Å². The molecule has 0 fully saturated rings. The molecule has 58 valence electrons. The normalized spacial score (nSPS) is 9.80. The quantitative estimate of drug-likeness (QED) is 0.443. The number of rotatable bonds is 4. The molecule has 0 atom stereocenters. The van der Waals surface area contributed by atoms with Gasteiger partial charge in [-0.2, -0.15) is 0 Å². The Labute approximate surface area is 57.7 Å². The third-order valence-electron chi connectivity index (χ3n) is 1.00. The summed E-state index contributed by atoms with van der Waals surface area (Å²) in [4.78, 5) is 20.2. The van der Waals surface area contributed by atoms with Crippen molar-refractivity contribution in [1.29, 1.82) is 0 Å². The van der Waals surface area contributed by atoms with Crippen LogP contribution in [0, 0.1) is 5.92 Å². The van der Waals surface area contributed by atoms with Gasteiger partial charge in [-0.3, -0.25) is 9.59 Å². The Hall–Kier alpha value is -1.10. The lowest BCUT2D eigenvalue weighted by atomic mass is 10.1. The van der Waals surface area contributed by atoms with Crippen molar-refractivity contribution in [2.45, 2.75) is 0 Å². The second-order valence-corrected chi connectivity index (χ2v) is 1.79. The zero-order chi connectivity index (χ0) is 8.15. The lowest BCUT2D eigenvalue weighted by Gasteiger charge is -2.04. The number of hydrogen-bond donors (Lipinski definition) is 3. The fourth-order valence-electron chi connectivity index (χ4n) is 0.484. The van der Waals surface area contributed by atoms with Crippen molar-refractivity contribution in [3.05, 3.63) is 0 Å². The van der Waals surface area contributed by atoms with Crippen molar-refractivity contribution < 1.29 is 19.8 Å². The molecule has 10 heavy (non-hydrogen) atoms. The minimum Gasteiger partial charge on any atom is -0.481 e. The Morgan fingerprint density at radius 2 is 1.80 bits per heavy atom. The highest BCUT2D eigenvalue weighted by Crippen LogP contribution is 1.93. The van der Waals surface area contributed by atoms with Gasteiger partial charge in [-0.1, -0.05) is 0 Å². The van der Waals surface area contributed by atoms with Gasteiger partial charge in [0.05, 0.1) is 0 Å². The molecule has 3 N–H and O–H groups in total. The summed E-state index contributed by atoms with van der Waals surface area (Å²) in [6.45, 7) is -0.0509. The van der Waals surface area contributed by atoms with Crippen LogP contribution in [0.4, 0.5) is 0 Å². The number of aliphatic carboxylic acids is 2. The number of carboxylic acid groups (broad SMARTS) is 2. The van der Waals surface area contributed by atoms with Gasteiger partial charge in [0.1, 0.15) is 0 Å². The summed E-state index contributed by atoms with van der Waals surface area (Å²) in [5.41, 5.74) is 0. The highest BCUT2D eigenvalue weighted by molar-refractivity contribution is 5.93. The van der Waals surface area contributed by atoms with Crippen LogP contribution in [0.15, 0.2) is 0 Å². The van der Waals surface area contributed by atoms with Crippen LogP contribution in [0.2, 0.25) is 0 Å². The Morgan fingerprint density at radius 1 is 1.40 bits per heavy atom. The van der Waals surface area contributed by atoms with Crippen LogP contribution in [0.1, 0.15) is 0 Å². The summed E-state index contributed by atoms with van der Waals surface area (Å²) in [5, 5.41) is 19.0. The molecule has 0 unspecified atom stereocenters. The summed E-state index contributed by atoms with van der Waals surface area (Å²) in [7, 11) is 1.50. The number of nitrogens with one attached hydrogen (secondary N) is 1. The topological polar surface area (TPSA) is 86.6 Å². The molecule has 5 heteroatoms. The minimum absolute atomic E-state index is 0.0509. The molecule has 0 aromatic rings. The minimum atomic E-state index is -1.34. The first kappa shape index (κ1) is 8.90. The van der Waals surface area contributed by atoms with Crippen LogP contribution < -0.4 is 5.32 Å². The fraction of sp³-hybridized carbons (Fsp3) is 0.600. The van der Waals surface area contributed by atoms with Crippen LogP contribution >= 0.6 is 0 Å². The zero-order valence-electron chi connectivity index (χ0n) is 5.50. The molecule has 0 bridgehead atoms. The molecule has 0 aliphatic heterocycles. The van der Waals surface area contributed by atoms with E-state index in [4.69, 9.17) is 10.2 Å². The van der Waals surface area contributed by atoms with E-state index in [1.54, 1.807) is 0 Å². The van der Waals surface area contributed by atoms with Crippen molar-refractivity contribution in [2.24, 2.45) is 5.92 Å². The lowest BCUT2D eigenvalue weighted by Crippen LogP contribution is -2.32. The highest BCUT2D eigenvalue weighted by Gasteiger charge is 2.24. The Morgan fingerprint density at radius 3 is 1.90 bits per heavy atom. The molecular weight excluding hydrogens is 138 g/mol. The van der Waals surface area contributed by atoms with E-state index in [1.165, 1.54) is 7.05 Å². The van der Waals surface area contributed by atoms with E-state index in [0.717, 1.165) is 0 Å². The van der Waals surface area contributed by atoms with Gasteiger partial charge in [0.2, 0.25) is 0 Å². The van der Waals surface area contributed by atoms with E-state index >= 15 is 0 Å². The zero-order valence-corrected chi connectivity index (χ0v) is 5.50. The standard InChI is InChI=1S/C5H9NO4/c1-6-2-3(4(7)8)5(9)10/h3,6H,2H2,1H3,(H,7,8)(H,9,10). The van der Waals surface area contributed by atoms with Gasteiger partial charge in [0, 0.05) is 6.54 Å². The average molecular weight is 147 g/mol. The van der Waals surface area contributed by atoms with Crippen molar-refractivity contribution in [2.75, 3.05) is 13.6 Å². The van der Waals surface area contributed by atoms with E-state index in [0.29, 0.717) is 0 Å². The summed E-state index contributed by atoms with van der Waals surface area (Å²) in [6, 6.07) is 0. The third kappa shape index (κ3) is 2.45. The molecule has 0 heterocycles. The molecule has 0 spiro atoms. The fourth-order valence-corrected chi connectivity index (χ4v) is 0.484. The maximum atomic E-state index is 10.1. The number of hydrogen-bond acceptors (Lipinski definition) is 3. The second-order valence-electron chi connectivity index (χ2n) is 1.79. The van der Waals surface area contributed by atoms with Crippen molar-refractivity contribution >= 4 is 11.9 Å². The Bertz CT molecular complexity index is 131. The SMILES string of the molecule is CNCC(C(=O)O)C(=O)O. The molecule has 0 aliphatic carbocycles. The van der Waals surface area contributed by atoms with Gasteiger partial charge in [0.15, 0.2) is 5.92 Å². The van der Waals surface area contributed by atoms with E-state index in [-0.39, 0.29) is 6.54 Å². The summed E-state index contributed by atoms with van der Waals surface area (Å²) < 4.78 is 0. The first-order chi connectivity index (χ1) is 4.59. The Kier molecular flexibility index (Phi) is 3.42. The van der Waals surface area contributed by atoms with E-state index in [9.17, 15) is 9.59 Å². The van der Waals surface area contributed by atoms with E-state index in [2.05, 4.69) is 5.32 Å². The van der Waals surface area contributed by atoms with Gasteiger partial charge >= 0.3 is 11.9 Å². The van der Waals surface area contributed by atoms with Gasteiger partial charge in [-0.05, 0) is 7.05 Å². The van der Waals surface area contributed by atoms with Crippen LogP contribution in [-0.4, -0.2) is 35.7 Å². The molecule has 0 radical (unpaired) electrons. The molecule has 0 aliphatic rings. The third-order valence-corrected chi connectivity index (χ3v) is 1.00. The summed E-state index contributed by atoms with van der Waals surface area (Å²) in [5.74, 6) is -3.98. The molecule has 0 saturated carbocycles. The molecule has 5 nitrogen and oxygen atoms in total. The summed E-state index contributed by atoms with van der Waals surface area (Å²) in [6.07, 6.45) is 0. The van der Waals surface area contributed by atoms with Crippen LogP contribution in [0.5, 0.6) is 0 Å². The molecule has 0 saturated heterocycles. The van der Waals surface area contributed by atoms with Gasteiger partial charge in [0.25, 0.3) is 0 Å². The molecule has 0 aromatic carbocycles. The van der Waals surface area contributed by atoms with Crippen LogP contribution in [-0.2, 0) is 9.59 Å². The van der Waals surface area contributed by atoms with Crippen molar-refractivity contribution in [3.8, 4) is 0 Å². The van der Waals surface area contributed by atoms with E-state index in [1.807, 2.05) is 0 Å². The molecule has 0 aromatic heterocycles. The van der Waals surface area contributed by atoms with E-state index < -0.39 is 17.9 Å². The summed E-state index contributed by atoms with van der Waals surface area (Å²) >= 11 is 0. The smallest absolute Gasteiger partial charge is 0.319 e. The number of carbonyl (C=O) groups is 2. The molecule has 0 rings (SSSR count). The first-order valence-electron chi connectivity index (χ1n) is 2.69. The molecular formula is C5H9NO4. The monoisotopic (exact) mass is 147 g/mol. The first-order valence-corrected chi connectivity index (χ1v) is 2.69. The highest BCUT2D eigenvalue weighted by atomic mass is 16.4. The maximum absolute atomic E-state index is 10.1. The van der Waals surface area contributed by atoms with Crippen LogP contribution in [0.3, 0.4) is 0 Å². The van der Waals surface area contributed by atoms with Crippen molar-refractivity contribution in [3.63, 3.8) is 0 Å². The second kappa shape index (κ2) is 3.84. The average Bonchev–Trinajstić information content (AvgIpc) is 1.81.